The summed E-state index contributed by atoms with van der Waals surface area (Å²) in [5.74, 6) is 7.93. The van der Waals surface area contributed by atoms with Crippen LogP contribution in [0.4, 0.5) is 0 Å². The number of rotatable bonds is 2. The third-order valence-corrected chi connectivity index (χ3v) is 18.0. The van der Waals surface area contributed by atoms with Crippen LogP contribution in [0.25, 0.3) is 0 Å². The maximum atomic E-state index is 12.9. The molecule has 14 heteroatoms. The number of nitrogens with one attached hydrogen (secondary N) is 3. The maximum absolute atomic E-state index is 12.9. The second-order valence-corrected chi connectivity index (χ2v) is 21.6. The molecule has 3 aliphatic carbocycles. The van der Waals surface area contributed by atoms with Crippen LogP contribution in [-0.2, 0) is 22.6 Å². The van der Waals surface area contributed by atoms with Gasteiger partial charge >= 0.3 is 5.97 Å². The van der Waals surface area contributed by atoms with E-state index in [1.165, 1.54) is 13.3 Å². The molecule has 1 saturated carbocycles. The van der Waals surface area contributed by atoms with Gasteiger partial charge in [0, 0.05) is 66.3 Å². The Hall–Kier alpha value is -2.64. The Morgan fingerprint density at radius 3 is 2.72 bits per heavy atom. The van der Waals surface area contributed by atoms with E-state index in [1.54, 1.807) is 6.07 Å². The van der Waals surface area contributed by atoms with Crippen LogP contribution in [0.1, 0.15) is 121 Å². The number of aliphatic hydroxyl groups excluding tert-OH is 3. The highest BCUT2D eigenvalue weighted by Crippen LogP contribution is 2.46. The molecule has 60 heavy (non-hydrogen) atoms. The van der Waals surface area contributed by atoms with Crippen molar-refractivity contribution in [3.8, 4) is 23.3 Å². The summed E-state index contributed by atoms with van der Waals surface area (Å²) in [5, 5.41) is 58.2. The highest BCUT2D eigenvalue weighted by Gasteiger charge is 2.48. The summed E-state index contributed by atoms with van der Waals surface area (Å²) in [7, 11) is 3.93. The number of aromatic hydroxyl groups is 1. The van der Waals surface area contributed by atoms with Crippen LogP contribution in [0.3, 0.4) is 0 Å². The smallest absolute Gasteiger partial charge is 0.302 e. The number of nitrogens with zero attached hydrogens (tertiary/aromatic N) is 1. The van der Waals surface area contributed by atoms with E-state index < -0.39 is 41.7 Å². The molecule has 0 radical (unpaired) electrons. The first-order valence-electron chi connectivity index (χ1n) is 22.7. The number of phenols is 1. The van der Waals surface area contributed by atoms with E-state index in [1.807, 2.05) is 39.8 Å². The number of aliphatic imine (C=N–C) groups is 1. The number of piperidine rings is 2. The lowest BCUT2D eigenvalue weighted by molar-refractivity contribution is -0.152. The van der Waals surface area contributed by atoms with Crippen molar-refractivity contribution in [1.82, 2.24) is 16.0 Å². The van der Waals surface area contributed by atoms with Gasteiger partial charge in [0.1, 0.15) is 12.2 Å². The lowest BCUT2D eigenvalue weighted by Gasteiger charge is -2.49. The van der Waals surface area contributed by atoms with Crippen LogP contribution in [-0.4, -0.2) is 104 Å². The molecule has 9 N–H and O–H groups in total. The molecule has 5 heterocycles. The van der Waals surface area contributed by atoms with Crippen molar-refractivity contribution in [2.24, 2.45) is 28.0 Å². The second-order valence-electron chi connectivity index (χ2n) is 18.9. The number of carbonyl (C=O) groups is 1. The van der Waals surface area contributed by atoms with Gasteiger partial charge in [0.25, 0.3) is 0 Å². The van der Waals surface area contributed by atoms with Gasteiger partial charge < -0.3 is 51.6 Å². The van der Waals surface area contributed by atoms with Crippen molar-refractivity contribution in [2.45, 2.75) is 176 Å². The van der Waals surface area contributed by atoms with Gasteiger partial charge in [0.05, 0.1) is 30.3 Å². The monoisotopic (exact) mass is 865 g/mol. The number of fused-ring (bicyclic) bond motifs is 8. The number of aliphatic hydroxyl groups is 3. The zero-order chi connectivity index (χ0) is 41.9. The van der Waals surface area contributed by atoms with Crippen LogP contribution >= 0.6 is 21.6 Å². The molecular weight excluding hydrogens is 799 g/mol. The minimum Gasteiger partial charge on any atom is -0.504 e. The van der Waals surface area contributed by atoms with Crippen LogP contribution < -0.4 is 26.4 Å². The first kappa shape index (κ1) is 44.0. The zero-order valence-corrected chi connectivity index (χ0v) is 36.8. The Bertz CT molecular complexity index is 1810. The van der Waals surface area contributed by atoms with Gasteiger partial charge in [-0.25, -0.2) is 4.99 Å². The second kappa shape index (κ2) is 19.0. The van der Waals surface area contributed by atoms with Gasteiger partial charge in [-0.3, -0.25) is 4.79 Å². The van der Waals surface area contributed by atoms with Crippen molar-refractivity contribution >= 4 is 33.5 Å². The highest BCUT2D eigenvalue weighted by molar-refractivity contribution is 8.77. The highest BCUT2D eigenvalue weighted by atomic mass is 33.1. The summed E-state index contributed by atoms with van der Waals surface area (Å²) >= 11 is 0. The Balaban J connectivity index is 1.29. The fourth-order valence-electron chi connectivity index (χ4n) is 11.6. The average molecular weight is 866 g/mol. The first-order chi connectivity index (χ1) is 29.0. The molecule has 8 aliphatic rings. The number of ether oxygens (including phenoxy) is 2. The molecule has 0 amide bonds. The number of carbonyl (C=O) groups excluding carboxylic acids is 1. The fourth-order valence-corrected chi connectivity index (χ4v) is 14.8. The minimum absolute atomic E-state index is 0.0155. The Morgan fingerprint density at radius 1 is 1.08 bits per heavy atom. The van der Waals surface area contributed by atoms with Gasteiger partial charge in [-0.2, -0.15) is 0 Å². The number of hydrogen-bond acceptors (Lipinski definition) is 14. The van der Waals surface area contributed by atoms with Gasteiger partial charge in [-0.05, 0) is 100 Å². The van der Waals surface area contributed by atoms with Crippen molar-refractivity contribution in [3.05, 3.63) is 35.4 Å². The number of nitrogens with two attached hydrogens (primary N) is 1. The summed E-state index contributed by atoms with van der Waals surface area (Å²) in [4.78, 5) is 18.0. The number of hydrogen-bond donors (Lipinski definition) is 8. The predicted octanol–water partition coefficient (Wildman–Crippen LogP) is 4.99. The Kier molecular flexibility index (Phi) is 13.9. The van der Waals surface area contributed by atoms with Crippen LogP contribution in [0.15, 0.2) is 29.3 Å². The SMILES string of the molecule is CC(=O)O[C@H]1C[C@@H](O)CC[C@]23C#C[C@@H]4CCC[C@@]5(C[C@@H](CCN5)Oc5cc(c(CO)cc5O)C[C@@H]41)[C@H]1CC[C@H](CN1)SSCC1(CCCCC1)NC(N)=N[C@@H]2C=CC[C@@H]3O. The number of benzene rings is 1. The van der Waals surface area contributed by atoms with E-state index in [9.17, 15) is 25.2 Å². The molecule has 8 bridgehead atoms. The van der Waals surface area contributed by atoms with Gasteiger partial charge in [-0.15, -0.1) is 0 Å². The van der Waals surface area contributed by atoms with Crippen molar-refractivity contribution in [2.75, 3.05) is 18.8 Å². The van der Waals surface area contributed by atoms with E-state index in [-0.39, 0.29) is 47.9 Å². The molecule has 3 spiro atoms. The fraction of sp³-hybridized carbons (Fsp3) is 0.739. The van der Waals surface area contributed by atoms with Gasteiger partial charge in [-0.1, -0.05) is 71.3 Å². The van der Waals surface area contributed by atoms with Gasteiger partial charge in [0.15, 0.2) is 17.5 Å². The minimum atomic E-state index is -1.02. The zero-order valence-electron chi connectivity index (χ0n) is 35.2. The lowest BCUT2D eigenvalue weighted by Crippen LogP contribution is -2.66. The van der Waals surface area contributed by atoms with Crippen molar-refractivity contribution < 1.29 is 34.7 Å². The third kappa shape index (κ3) is 9.63. The average Bonchev–Trinajstić information content (AvgIpc) is 3.22. The summed E-state index contributed by atoms with van der Waals surface area (Å²) in [6.45, 7) is 2.80. The normalized spacial score (nSPS) is 38.4. The number of esters is 1. The molecule has 0 unspecified atom stereocenters. The molecule has 0 aromatic heterocycles. The number of guanidine groups is 1. The van der Waals surface area contributed by atoms with Crippen molar-refractivity contribution in [3.63, 3.8) is 0 Å². The van der Waals surface area contributed by atoms with Crippen LogP contribution in [0.5, 0.6) is 11.5 Å². The molecule has 330 valence electrons. The predicted molar refractivity (Wildman–Crippen MR) is 238 cm³/mol. The summed E-state index contributed by atoms with van der Waals surface area (Å²) in [5.41, 5.74) is 6.78. The standard InChI is InChI=1S/C46H67N5O7S2/c1-29(53)57-38-24-33(54)13-19-45-18-12-30-7-6-17-46(25-34(14-20-49-46)58-39-23-31(21-36(30)38)32(27-52)22-37(39)55)41-11-10-35(26-48-41)60-59-28-44(15-3-2-4-16-44)51-43(47)50-40(45)8-5-9-42(45)56/h5,8,22-23,30,33-36,38,40-42,48-49,52,54-56H,2-4,6-7,9-11,13-17,19-21,24-28H2,1H3,(H3,47,50,51)/t30-,33-,34+,35+,36-,38-,40+,41+,42-,45+,46+/m0/s1. The van der Waals surface area contributed by atoms with E-state index in [4.69, 9.17) is 20.2 Å². The quantitative estimate of drug-likeness (QED) is 0.0860. The largest absolute Gasteiger partial charge is 0.504 e. The van der Waals surface area contributed by atoms with Gasteiger partial charge in [0.2, 0.25) is 0 Å². The molecule has 2 saturated heterocycles. The van der Waals surface area contributed by atoms with Crippen molar-refractivity contribution in [1.29, 1.82) is 0 Å². The van der Waals surface area contributed by atoms with Crippen LogP contribution in [0.2, 0.25) is 0 Å². The van der Waals surface area contributed by atoms with E-state index in [2.05, 4.69) is 27.8 Å². The molecule has 5 aliphatic heterocycles. The molecule has 11 atom stereocenters. The van der Waals surface area contributed by atoms with E-state index in [0.717, 1.165) is 88.6 Å². The summed E-state index contributed by atoms with van der Waals surface area (Å²) in [6.07, 6.45) is 14.7. The topological polar surface area (TPSA) is 191 Å². The first-order valence-corrected chi connectivity index (χ1v) is 25.1. The number of phenolic OH excluding ortho intramolecular Hbond substituents is 1. The molecule has 9 rings (SSSR count). The van der Waals surface area contributed by atoms with E-state index in [0.29, 0.717) is 54.6 Å². The Labute approximate surface area is 363 Å². The molecule has 1 aromatic carbocycles. The molecule has 12 nitrogen and oxygen atoms in total. The Morgan fingerprint density at radius 2 is 1.93 bits per heavy atom. The molecular formula is C46H67N5O7S2. The van der Waals surface area contributed by atoms with E-state index >= 15 is 0 Å². The maximum Gasteiger partial charge on any atom is 0.302 e. The summed E-state index contributed by atoms with van der Waals surface area (Å²) < 4.78 is 12.9. The lowest BCUT2D eigenvalue weighted by atomic mass is 9.66. The summed E-state index contributed by atoms with van der Waals surface area (Å²) in [6, 6.07) is 3.11. The molecule has 3 fully saturated rings. The van der Waals surface area contributed by atoms with Crippen LogP contribution in [0, 0.1) is 29.1 Å². The molecule has 1 aromatic rings. The third-order valence-electron chi connectivity index (χ3n) is 14.9.